The predicted molar refractivity (Wildman–Crippen MR) is 111 cm³/mol. The summed E-state index contributed by atoms with van der Waals surface area (Å²) < 4.78 is 2.97. The van der Waals surface area contributed by atoms with Crippen LogP contribution in [0.4, 0.5) is 0 Å². The normalized spacial score (nSPS) is 14.8. The van der Waals surface area contributed by atoms with E-state index in [9.17, 15) is 5.11 Å². The number of carboxylic acids is 1. The zero-order chi connectivity index (χ0) is 20.4. The second-order valence-corrected chi connectivity index (χ2v) is 7.29. The maximum Gasteiger partial charge on any atom is 0.300 e. The lowest BCUT2D eigenvalue weighted by Gasteiger charge is -2.13. The number of halogens is 1. The summed E-state index contributed by atoms with van der Waals surface area (Å²) in [4.78, 5) is 18.1. The Morgan fingerprint density at radius 3 is 2.43 bits per heavy atom. The van der Waals surface area contributed by atoms with Gasteiger partial charge in [-0.1, -0.05) is 46.3 Å². The van der Waals surface area contributed by atoms with Gasteiger partial charge in [0.15, 0.2) is 5.82 Å². The molecule has 144 valence electrons. The number of carbonyl (C=O) groups is 1. The highest BCUT2D eigenvalue weighted by Crippen LogP contribution is 2.32. The second kappa shape index (κ2) is 8.08. The van der Waals surface area contributed by atoms with Gasteiger partial charge in [-0.05, 0) is 32.0 Å². The van der Waals surface area contributed by atoms with E-state index in [0.717, 1.165) is 45.3 Å². The van der Waals surface area contributed by atoms with Crippen LogP contribution in [0.5, 0.6) is 0 Å². The number of aliphatic imine (C=N–C) groups is 1. The van der Waals surface area contributed by atoms with E-state index in [1.165, 1.54) is 0 Å². The molecular weight excluding hydrogens is 422 g/mol. The first-order chi connectivity index (χ1) is 13.3. The van der Waals surface area contributed by atoms with Crippen molar-refractivity contribution in [3.63, 3.8) is 0 Å². The lowest BCUT2D eigenvalue weighted by Crippen LogP contribution is -2.08. The minimum absolute atomic E-state index is 0.555. The highest BCUT2D eigenvalue weighted by molar-refractivity contribution is 9.10. The Morgan fingerprint density at radius 2 is 1.79 bits per heavy atom. The van der Waals surface area contributed by atoms with Gasteiger partial charge in [0.1, 0.15) is 0 Å². The number of hydrogen-bond acceptors (Lipinski definition) is 4. The summed E-state index contributed by atoms with van der Waals surface area (Å²) in [6, 6.07) is 16.0. The van der Waals surface area contributed by atoms with Gasteiger partial charge in [-0.2, -0.15) is 0 Å². The van der Waals surface area contributed by atoms with Crippen LogP contribution in [-0.4, -0.2) is 31.4 Å². The number of nitrogens with zero attached hydrogens (tertiary/aromatic N) is 3. The third-order valence-corrected chi connectivity index (χ3v) is 4.85. The van der Waals surface area contributed by atoms with Gasteiger partial charge < -0.3 is 10.2 Å². The number of hydrogen-bond donors (Lipinski definition) is 2. The summed E-state index contributed by atoms with van der Waals surface area (Å²) in [7, 11) is 0. The average Bonchev–Trinajstić information content (AvgIpc) is 2.88. The SMILES string of the molecule is CC(=O)O.Cc1nc2n(c1C)-c1ccc(Br)cc1C(c1ccccc1)=NC2O. The van der Waals surface area contributed by atoms with Gasteiger partial charge in [-0.25, -0.2) is 9.98 Å². The Labute approximate surface area is 171 Å². The van der Waals surface area contributed by atoms with E-state index in [1.807, 2.05) is 66.9 Å². The molecule has 2 aromatic carbocycles. The van der Waals surface area contributed by atoms with Crippen LogP contribution in [0.25, 0.3) is 5.69 Å². The van der Waals surface area contributed by atoms with Gasteiger partial charge >= 0.3 is 0 Å². The summed E-state index contributed by atoms with van der Waals surface area (Å²) >= 11 is 3.55. The first kappa shape index (κ1) is 20.0. The first-order valence-corrected chi connectivity index (χ1v) is 9.46. The van der Waals surface area contributed by atoms with Crippen molar-refractivity contribution >= 4 is 27.6 Å². The Kier molecular flexibility index (Phi) is 5.76. The van der Waals surface area contributed by atoms with Crippen molar-refractivity contribution in [2.45, 2.75) is 27.0 Å². The van der Waals surface area contributed by atoms with Gasteiger partial charge in [-0.3, -0.25) is 9.36 Å². The van der Waals surface area contributed by atoms with Gasteiger partial charge in [0.2, 0.25) is 6.23 Å². The van der Waals surface area contributed by atoms with Gasteiger partial charge in [0, 0.05) is 28.2 Å². The van der Waals surface area contributed by atoms with E-state index in [-0.39, 0.29) is 0 Å². The Hall–Kier alpha value is -2.77. The van der Waals surface area contributed by atoms with Crippen molar-refractivity contribution in [2.75, 3.05) is 0 Å². The van der Waals surface area contributed by atoms with Crippen LogP contribution in [0.2, 0.25) is 0 Å². The standard InChI is InChI=1S/C19H16BrN3O.C2H4O2/c1-11-12(2)23-16-9-8-14(20)10-15(16)17(13-6-4-3-5-7-13)22-19(24)18(23)21-11;1-2(3)4/h3-10,19,24H,1-2H3;1H3,(H,3,4). The molecule has 28 heavy (non-hydrogen) atoms. The van der Waals surface area contributed by atoms with E-state index in [0.29, 0.717) is 5.82 Å². The number of aromatic nitrogens is 2. The van der Waals surface area contributed by atoms with Crippen molar-refractivity contribution in [3.05, 3.63) is 81.3 Å². The summed E-state index contributed by atoms with van der Waals surface area (Å²) in [6.45, 7) is 5.04. The summed E-state index contributed by atoms with van der Waals surface area (Å²) in [5.41, 5.74) is 5.59. The number of aryl methyl sites for hydroxylation is 1. The van der Waals surface area contributed by atoms with Crippen LogP contribution in [0.1, 0.15) is 41.5 Å². The lowest BCUT2D eigenvalue weighted by atomic mass is 10.0. The van der Waals surface area contributed by atoms with Crippen molar-refractivity contribution in [3.8, 4) is 5.69 Å². The quantitative estimate of drug-likeness (QED) is 0.592. The number of benzene rings is 2. The van der Waals surface area contributed by atoms with E-state index in [2.05, 4.69) is 25.9 Å². The third kappa shape index (κ3) is 3.90. The summed E-state index contributed by atoms with van der Waals surface area (Å²) in [6.07, 6.45) is -1.00. The monoisotopic (exact) mass is 441 g/mol. The Morgan fingerprint density at radius 1 is 1.14 bits per heavy atom. The maximum atomic E-state index is 10.7. The number of rotatable bonds is 1. The van der Waals surface area contributed by atoms with Crippen molar-refractivity contribution in [2.24, 2.45) is 4.99 Å². The fraction of sp³-hybridized carbons (Fsp3) is 0.190. The molecule has 2 N–H and O–H groups in total. The zero-order valence-corrected chi connectivity index (χ0v) is 17.3. The molecule has 1 aromatic heterocycles. The van der Waals surface area contributed by atoms with Gasteiger partial charge in [0.05, 0.1) is 17.1 Å². The summed E-state index contributed by atoms with van der Waals surface area (Å²) in [5, 5.41) is 18.1. The molecule has 6 nitrogen and oxygen atoms in total. The van der Waals surface area contributed by atoms with Gasteiger partial charge in [0.25, 0.3) is 5.97 Å². The van der Waals surface area contributed by atoms with E-state index in [1.54, 1.807) is 0 Å². The fourth-order valence-corrected chi connectivity index (χ4v) is 3.44. The van der Waals surface area contributed by atoms with Crippen LogP contribution in [0.3, 0.4) is 0 Å². The second-order valence-electron chi connectivity index (χ2n) is 6.37. The predicted octanol–water partition coefficient (Wildman–Crippen LogP) is 4.18. The summed E-state index contributed by atoms with van der Waals surface area (Å²) in [5.74, 6) is -0.278. The molecule has 3 aromatic rings. The topological polar surface area (TPSA) is 87.7 Å². The van der Waals surface area contributed by atoms with Crippen LogP contribution < -0.4 is 0 Å². The molecule has 1 aliphatic heterocycles. The largest absolute Gasteiger partial charge is 0.481 e. The lowest BCUT2D eigenvalue weighted by molar-refractivity contribution is -0.134. The molecule has 1 aliphatic rings. The molecule has 1 unspecified atom stereocenters. The molecule has 0 aliphatic carbocycles. The highest BCUT2D eigenvalue weighted by Gasteiger charge is 2.27. The van der Waals surface area contributed by atoms with Gasteiger partial charge in [-0.15, -0.1) is 0 Å². The van der Waals surface area contributed by atoms with E-state index < -0.39 is 12.2 Å². The molecule has 0 bridgehead atoms. The molecule has 0 fully saturated rings. The molecule has 4 rings (SSSR count). The minimum atomic E-state index is -1.00. The Balaban J connectivity index is 0.000000516. The molecule has 2 heterocycles. The van der Waals surface area contributed by atoms with Crippen LogP contribution in [0.15, 0.2) is 58.0 Å². The first-order valence-electron chi connectivity index (χ1n) is 8.66. The molecule has 0 saturated carbocycles. The van der Waals surface area contributed by atoms with Crippen molar-refractivity contribution in [1.29, 1.82) is 0 Å². The smallest absolute Gasteiger partial charge is 0.300 e. The van der Waals surface area contributed by atoms with Crippen molar-refractivity contribution in [1.82, 2.24) is 9.55 Å². The number of carboxylic acid groups (broad SMARTS) is 1. The van der Waals surface area contributed by atoms with Crippen LogP contribution in [-0.2, 0) is 4.79 Å². The number of fused-ring (bicyclic) bond motifs is 3. The molecule has 7 heteroatoms. The van der Waals surface area contributed by atoms with E-state index >= 15 is 0 Å². The zero-order valence-electron chi connectivity index (χ0n) is 15.7. The number of aliphatic hydroxyl groups excluding tert-OH is 1. The van der Waals surface area contributed by atoms with Crippen LogP contribution >= 0.6 is 15.9 Å². The Bertz CT molecular complexity index is 1050. The highest BCUT2D eigenvalue weighted by atomic mass is 79.9. The average molecular weight is 442 g/mol. The third-order valence-electron chi connectivity index (χ3n) is 4.35. The van der Waals surface area contributed by atoms with E-state index in [4.69, 9.17) is 9.90 Å². The molecule has 0 radical (unpaired) electrons. The molecule has 0 spiro atoms. The minimum Gasteiger partial charge on any atom is -0.481 e. The number of imidazole rings is 1. The van der Waals surface area contributed by atoms with Crippen LogP contribution in [0, 0.1) is 13.8 Å². The number of aliphatic hydroxyl groups is 1. The molecule has 1 atom stereocenters. The maximum absolute atomic E-state index is 10.7. The molecule has 0 amide bonds. The molecule has 0 saturated heterocycles. The molecular formula is C21H20BrN3O3. The van der Waals surface area contributed by atoms with Crippen molar-refractivity contribution < 1.29 is 15.0 Å². The number of aliphatic carboxylic acids is 1. The fourth-order valence-electron chi connectivity index (χ4n) is 3.08.